The van der Waals surface area contributed by atoms with E-state index in [4.69, 9.17) is 14.2 Å². The summed E-state index contributed by atoms with van der Waals surface area (Å²) in [6.07, 6.45) is 0. The number of sulfonamides is 1. The molecule has 1 aromatic carbocycles. The lowest BCUT2D eigenvalue weighted by atomic mass is 10.1. The molecule has 0 saturated heterocycles. The van der Waals surface area contributed by atoms with Gasteiger partial charge in [0, 0.05) is 12.1 Å². The van der Waals surface area contributed by atoms with E-state index in [0.717, 1.165) is 0 Å². The molecule has 0 saturated carbocycles. The van der Waals surface area contributed by atoms with Crippen LogP contribution in [0.1, 0.15) is 21.7 Å². The van der Waals surface area contributed by atoms with E-state index in [9.17, 15) is 13.2 Å². The van der Waals surface area contributed by atoms with Gasteiger partial charge in [0.15, 0.2) is 11.5 Å². The number of rotatable bonds is 6. The van der Waals surface area contributed by atoms with Crippen molar-refractivity contribution < 1.29 is 27.4 Å². The molecule has 10 heteroatoms. The molecule has 0 atom stereocenters. The van der Waals surface area contributed by atoms with Crippen molar-refractivity contribution >= 4 is 21.7 Å². The molecular weight excluding hydrogens is 350 g/mol. The lowest BCUT2D eigenvalue weighted by molar-refractivity contribution is 0.0601. The minimum absolute atomic E-state index is 0.00417. The molecular formula is C15H19N3O6S. The summed E-state index contributed by atoms with van der Waals surface area (Å²) in [4.78, 5) is 12.0. The minimum Gasteiger partial charge on any atom is -0.493 e. The third kappa shape index (κ3) is 3.53. The van der Waals surface area contributed by atoms with Crippen LogP contribution in [0.3, 0.4) is 0 Å². The van der Waals surface area contributed by atoms with E-state index >= 15 is 0 Å². The van der Waals surface area contributed by atoms with Gasteiger partial charge >= 0.3 is 5.97 Å². The first kappa shape index (κ1) is 18.6. The first-order chi connectivity index (χ1) is 11.7. The zero-order valence-electron chi connectivity index (χ0n) is 14.5. The van der Waals surface area contributed by atoms with Gasteiger partial charge in [-0.1, -0.05) is 0 Å². The van der Waals surface area contributed by atoms with Crippen LogP contribution in [0.15, 0.2) is 17.0 Å². The van der Waals surface area contributed by atoms with Crippen molar-refractivity contribution in [3.8, 4) is 11.5 Å². The molecule has 0 unspecified atom stereocenters. The Labute approximate surface area is 145 Å². The maximum atomic E-state index is 12.7. The summed E-state index contributed by atoms with van der Waals surface area (Å²) in [6.45, 7) is 3.15. The average Bonchev–Trinajstić information content (AvgIpc) is 2.92. The maximum absolute atomic E-state index is 12.7. The second-order valence-electron chi connectivity index (χ2n) is 5.11. The molecule has 0 aliphatic heterocycles. The van der Waals surface area contributed by atoms with Crippen molar-refractivity contribution in [3.63, 3.8) is 0 Å². The van der Waals surface area contributed by atoms with Gasteiger partial charge in [-0.2, -0.15) is 5.10 Å². The Morgan fingerprint density at radius 3 is 2.20 bits per heavy atom. The highest BCUT2D eigenvalue weighted by atomic mass is 32.2. The lowest BCUT2D eigenvalue weighted by Crippen LogP contribution is -2.17. The van der Waals surface area contributed by atoms with Crippen molar-refractivity contribution in [1.29, 1.82) is 0 Å². The van der Waals surface area contributed by atoms with Gasteiger partial charge in [-0.3, -0.25) is 9.82 Å². The van der Waals surface area contributed by atoms with Crippen LogP contribution in [0, 0.1) is 13.8 Å². The second-order valence-corrected chi connectivity index (χ2v) is 6.73. The predicted molar refractivity (Wildman–Crippen MR) is 89.8 cm³/mol. The number of nitrogens with one attached hydrogen (secondary N) is 2. The third-order valence-corrected chi connectivity index (χ3v) is 5.13. The molecule has 0 amide bonds. The van der Waals surface area contributed by atoms with E-state index in [1.54, 1.807) is 13.8 Å². The number of hydrogen-bond donors (Lipinski definition) is 2. The van der Waals surface area contributed by atoms with Gasteiger partial charge in [0.2, 0.25) is 0 Å². The van der Waals surface area contributed by atoms with Crippen LogP contribution in [0.4, 0.5) is 5.69 Å². The number of carbonyl (C=O) groups is 1. The molecule has 1 aromatic heterocycles. The summed E-state index contributed by atoms with van der Waals surface area (Å²) in [7, 11) is 0.0129. The molecule has 0 fully saturated rings. The van der Waals surface area contributed by atoms with Crippen LogP contribution in [0.2, 0.25) is 0 Å². The first-order valence-corrected chi connectivity index (χ1v) is 8.62. The van der Waals surface area contributed by atoms with Crippen LogP contribution < -0.4 is 14.2 Å². The van der Waals surface area contributed by atoms with Gasteiger partial charge in [-0.25, -0.2) is 13.2 Å². The third-order valence-electron chi connectivity index (χ3n) is 3.50. The van der Waals surface area contributed by atoms with Crippen LogP contribution >= 0.6 is 0 Å². The number of benzene rings is 1. The Morgan fingerprint density at radius 2 is 1.72 bits per heavy atom. The fraction of sp³-hybridized carbons (Fsp3) is 0.333. The largest absolute Gasteiger partial charge is 0.493 e. The van der Waals surface area contributed by atoms with E-state index in [2.05, 4.69) is 14.9 Å². The number of anilines is 1. The van der Waals surface area contributed by atoms with Crippen molar-refractivity contribution in [2.24, 2.45) is 0 Å². The Hall–Kier alpha value is -2.75. The standard InChI is InChI=1S/C15H19N3O6S/c1-8-14(9(2)17-16-8)25(20,21)18-11-7-13(23-4)12(22-3)6-10(11)15(19)24-5/h6-7,18H,1-5H3,(H,16,17). The van der Waals surface area contributed by atoms with E-state index in [-0.39, 0.29) is 27.6 Å². The van der Waals surface area contributed by atoms with E-state index < -0.39 is 16.0 Å². The Morgan fingerprint density at radius 1 is 1.12 bits per heavy atom. The molecule has 25 heavy (non-hydrogen) atoms. The molecule has 2 rings (SSSR count). The number of esters is 1. The van der Waals surface area contributed by atoms with Crippen molar-refractivity contribution in [2.75, 3.05) is 26.1 Å². The molecule has 0 bridgehead atoms. The number of hydrogen-bond acceptors (Lipinski definition) is 7. The number of H-pyrrole nitrogens is 1. The zero-order chi connectivity index (χ0) is 18.8. The first-order valence-electron chi connectivity index (χ1n) is 7.13. The van der Waals surface area contributed by atoms with Crippen molar-refractivity contribution in [2.45, 2.75) is 18.7 Å². The number of carbonyl (C=O) groups excluding carboxylic acids is 1. The number of aromatic amines is 1. The van der Waals surface area contributed by atoms with E-state index in [1.807, 2.05) is 0 Å². The van der Waals surface area contributed by atoms with Gasteiger partial charge in [0.1, 0.15) is 4.90 Å². The summed E-state index contributed by atoms with van der Waals surface area (Å²) in [5.74, 6) is -0.200. The Balaban J connectivity index is 2.59. The molecule has 2 aromatic rings. The summed E-state index contributed by atoms with van der Waals surface area (Å²) >= 11 is 0. The highest BCUT2D eigenvalue weighted by Crippen LogP contribution is 2.35. The van der Waals surface area contributed by atoms with Crippen LogP contribution in [0.5, 0.6) is 11.5 Å². The summed E-state index contributed by atoms with van der Waals surface area (Å²) in [5, 5.41) is 6.49. The van der Waals surface area contributed by atoms with Crippen LogP contribution in [0.25, 0.3) is 0 Å². The van der Waals surface area contributed by atoms with Gasteiger partial charge in [0.25, 0.3) is 10.0 Å². The molecule has 2 N–H and O–H groups in total. The number of aromatic nitrogens is 2. The van der Waals surface area contributed by atoms with Gasteiger partial charge < -0.3 is 14.2 Å². The topological polar surface area (TPSA) is 120 Å². The molecule has 9 nitrogen and oxygen atoms in total. The van der Waals surface area contributed by atoms with Crippen LogP contribution in [-0.2, 0) is 14.8 Å². The number of ether oxygens (including phenoxy) is 3. The Kier molecular flexibility index (Phi) is 5.21. The SMILES string of the molecule is COC(=O)c1cc(OC)c(OC)cc1NS(=O)(=O)c1c(C)n[nH]c1C. The molecule has 0 aliphatic rings. The monoisotopic (exact) mass is 369 g/mol. The summed E-state index contributed by atoms with van der Waals surface area (Å²) in [5.41, 5.74) is 0.683. The maximum Gasteiger partial charge on any atom is 0.340 e. The quantitative estimate of drug-likeness (QED) is 0.743. The second kappa shape index (κ2) is 7.01. The highest BCUT2D eigenvalue weighted by molar-refractivity contribution is 7.92. The fourth-order valence-electron chi connectivity index (χ4n) is 2.37. The van der Waals surface area contributed by atoms with E-state index in [0.29, 0.717) is 11.4 Å². The molecule has 0 radical (unpaired) electrons. The normalized spacial score (nSPS) is 11.1. The fourth-order valence-corrected chi connectivity index (χ4v) is 3.82. The number of nitrogens with zero attached hydrogens (tertiary/aromatic N) is 1. The summed E-state index contributed by atoms with van der Waals surface area (Å²) < 4.78 is 42.9. The van der Waals surface area contributed by atoms with Gasteiger partial charge in [-0.15, -0.1) is 0 Å². The molecule has 1 heterocycles. The smallest absolute Gasteiger partial charge is 0.340 e. The van der Waals surface area contributed by atoms with E-state index in [1.165, 1.54) is 33.5 Å². The lowest BCUT2D eigenvalue weighted by Gasteiger charge is -2.15. The van der Waals surface area contributed by atoms with Crippen LogP contribution in [-0.4, -0.2) is 45.9 Å². The molecule has 0 spiro atoms. The zero-order valence-corrected chi connectivity index (χ0v) is 15.3. The van der Waals surface area contributed by atoms with Crippen molar-refractivity contribution in [3.05, 3.63) is 29.1 Å². The highest BCUT2D eigenvalue weighted by Gasteiger charge is 2.26. The van der Waals surface area contributed by atoms with Gasteiger partial charge in [-0.05, 0) is 13.8 Å². The average molecular weight is 369 g/mol. The van der Waals surface area contributed by atoms with Gasteiger partial charge in [0.05, 0.1) is 44.0 Å². The molecule has 136 valence electrons. The number of aryl methyl sites for hydroxylation is 2. The molecule has 0 aliphatic carbocycles. The Bertz CT molecular complexity index is 885. The minimum atomic E-state index is -3.99. The predicted octanol–water partition coefficient (Wildman–Crippen LogP) is 1.63. The summed E-state index contributed by atoms with van der Waals surface area (Å²) in [6, 6.07) is 2.70. The number of methoxy groups -OCH3 is 3. The van der Waals surface area contributed by atoms with Crippen molar-refractivity contribution in [1.82, 2.24) is 10.2 Å².